The highest BCUT2D eigenvalue weighted by molar-refractivity contribution is 9.10. The summed E-state index contributed by atoms with van der Waals surface area (Å²) in [5.41, 5.74) is 1.01. The van der Waals surface area contributed by atoms with Crippen molar-refractivity contribution < 1.29 is 14.3 Å². The predicted molar refractivity (Wildman–Crippen MR) is 74.0 cm³/mol. The first-order valence-corrected chi connectivity index (χ1v) is 6.72. The second kappa shape index (κ2) is 7.16. The number of carbonyl (C=O) groups is 2. The summed E-state index contributed by atoms with van der Waals surface area (Å²) >= 11 is 3.27. The molecular weight excluding hydrogens is 298 g/mol. The maximum Gasteiger partial charge on any atom is 0.338 e. The van der Waals surface area contributed by atoms with Crippen molar-refractivity contribution in [1.82, 2.24) is 0 Å². The summed E-state index contributed by atoms with van der Waals surface area (Å²) in [5, 5.41) is 2.74. The van der Waals surface area contributed by atoms with Crippen molar-refractivity contribution >= 4 is 33.5 Å². The van der Waals surface area contributed by atoms with Gasteiger partial charge >= 0.3 is 5.97 Å². The molecule has 0 radical (unpaired) electrons. The molecule has 18 heavy (non-hydrogen) atoms. The largest absolute Gasteiger partial charge is 0.462 e. The quantitative estimate of drug-likeness (QED) is 0.671. The third-order valence-corrected chi connectivity index (χ3v) is 3.35. The van der Waals surface area contributed by atoms with Gasteiger partial charge in [-0.3, -0.25) is 4.79 Å². The fourth-order valence-electron chi connectivity index (χ4n) is 1.34. The Morgan fingerprint density at radius 2 is 2.11 bits per heavy atom. The fraction of sp³-hybridized carbons (Fsp3) is 0.385. The molecule has 0 aliphatic heterocycles. The molecule has 1 unspecified atom stereocenters. The fourth-order valence-corrected chi connectivity index (χ4v) is 1.46. The van der Waals surface area contributed by atoms with Gasteiger partial charge in [0.1, 0.15) is 0 Å². The van der Waals surface area contributed by atoms with Gasteiger partial charge < -0.3 is 10.1 Å². The molecule has 1 atom stereocenters. The van der Waals surface area contributed by atoms with Crippen LogP contribution in [-0.4, -0.2) is 23.3 Å². The highest BCUT2D eigenvalue weighted by Gasteiger charge is 2.13. The first-order chi connectivity index (χ1) is 8.58. The van der Waals surface area contributed by atoms with Crippen molar-refractivity contribution in [3.05, 3.63) is 29.8 Å². The van der Waals surface area contributed by atoms with Gasteiger partial charge in [0.2, 0.25) is 5.91 Å². The number of hydrogen-bond acceptors (Lipinski definition) is 3. The zero-order chi connectivity index (χ0) is 13.5. The number of benzene rings is 1. The van der Waals surface area contributed by atoms with Crippen LogP contribution >= 0.6 is 15.9 Å². The summed E-state index contributed by atoms with van der Waals surface area (Å²) in [6, 6.07) is 6.69. The zero-order valence-corrected chi connectivity index (χ0v) is 12.0. The van der Waals surface area contributed by atoms with Gasteiger partial charge in [-0.05, 0) is 31.5 Å². The maximum atomic E-state index is 11.7. The minimum Gasteiger partial charge on any atom is -0.462 e. The number of halogens is 1. The Morgan fingerprint density at radius 3 is 2.72 bits per heavy atom. The van der Waals surface area contributed by atoms with Crippen LogP contribution in [-0.2, 0) is 9.53 Å². The zero-order valence-electron chi connectivity index (χ0n) is 10.4. The predicted octanol–water partition coefficient (Wildman–Crippen LogP) is 2.98. The standard InChI is InChI=1S/C13H16BrNO3/c1-3-11(14)12(16)15-10-7-5-6-9(8-10)13(17)18-4-2/h5-8,11H,3-4H2,1-2H3,(H,15,16). The van der Waals surface area contributed by atoms with Crippen molar-refractivity contribution in [2.24, 2.45) is 0 Å². The molecule has 1 amide bonds. The van der Waals surface area contributed by atoms with Gasteiger partial charge in [0.05, 0.1) is 17.0 Å². The summed E-state index contributed by atoms with van der Waals surface area (Å²) in [6.45, 7) is 3.99. The lowest BCUT2D eigenvalue weighted by atomic mass is 10.2. The minimum absolute atomic E-state index is 0.126. The van der Waals surface area contributed by atoms with Crippen LogP contribution in [0.3, 0.4) is 0 Å². The molecule has 1 aromatic carbocycles. The number of amides is 1. The van der Waals surface area contributed by atoms with Crippen LogP contribution in [0.25, 0.3) is 0 Å². The van der Waals surface area contributed by atoms with E-state index in [1.165, 1.54) is 0 Å². The normalized spacial score (nSPS) is 11.7. The van der Waals surface area contributed by atoms with Gasteiger partial charge in [-0.2, -0.15) is 0 Å². The summed E-state index contributed by atoms with van der Waals surface area (Å²) in [4.78, 5) is 23.0. The third-order valence-electron chi connectivity index (χ3n) is 2.28. The lowest BCUT2D eigenvalue weighted by Gasteiger charge is -2.09. The minimum atomic E-state index is -0.389. The van der Waals surface area contributed by atoms with Crippen molar-refractivity contribution in [3.8, 4) is 0 Å². The van der Waals surface area contributed by atoms with Crippen LogP contribution in [0.4, 0.5) is 5.69 Å². The molecule has 1 rings (SSSR count). The van der Waals surface area contributed by atoms with Crippen molar-refractivity contribution in [2.75, 3.05) is 11.9 Å². The van der Waals surface area contributed by atoms with Crippen LogP contribution < -0.4 is 5.32 Å². The average Bonchev–Trinajstić information content (AvgIpc) is 2.38. The third kappa shape index (κ3) is 4.14. The monoisotopic (exact) mass is 313 g/mol. The highest BCUT2D eigenvalue weighted by atomic mass is 79.9. The number of alkyl halides is 1. The van der Waals surface area contributed by atoms with Gasteiger partial charge in [0.15, 0.2) is 0 Å². The Bertz CT molecular complexity index is 434. The van der Waals surface area contributed by atoms with E-state index < -0.39 is 0 Å². The average molecular weight is 314 g/mol. The Kier molecular flexibility index (Phi) is 5.85. The number of nitrogens with one attached hydrogen (secondary N) is 1. The van der Waals surface area contributed by atoms with Crippen LogP contribution in [0, 0.1) is 0 Å². The summed E-state index contributed by atoms with van der Waals surface area (Å²) in [6.07, 6.45) is 0.698. The van der Waals surface area contributed by atoms with E-state index in [-0.39, 0.29) is 16.7 Å². The molecule has 4 nitrogen and oxygen atoms in total. The lowest BCUT2D eigenvalue weighted by Crippen LogP contribution is -2.22. The Labute approximate surface area is 115 Å². The number of esters is 1. The van der Waals surface area contributed by atoms with E-state index >= 15 is 0 Å². The van der Waals surface area contributed by atoms with Gasteiger partial charge in [-0.15, -0.1) is 0 Å². The summed E-state index contributed by atoms with van der Waals surface area (Å²) in [5.74, 6) is -0.516. The summed E-state index contributed by atoms with van der Waals surface area (Å²) in [7, 11) is 0. The van der Waals surface area contributed by atoms with E-state index in [0.717, 1.165) is 0 Å². The second-order valence-corrected chi connectivity index (χ2v) is 4.77. The topological polar surface area (TPSA) is 55.4 Å². The molecule has 1 N–H and O–H groups in total. The molecule has 0 bridgehead atoms. The molecule has 0 aromatic heterocycles. The molecule has 0 heterocycles. The number of carbonyl (C=O) groups excluding carboxylic acids is 2. The number of rotatable bonds is 5. The van der Waals surface area contributed by atoms with Crippen LogP contribution in [0.1, 0.15) is 30.6 Å². The van der Waals surface area contributed by atoms with E-state index in [1.54, 1.807) is 31.2 Å². The van der Waals surface area contributed by atoms with E-state index in [9.17, 15) is 9.59 Å². The molecule has 5 heteroatoms. The van der Waals surface area contributed by atoms with Crippen LogP contribution in [0.2, 0.25) is 0 Å². The Morgan fingerprint density at radius 1 is 1.39 bits per heavy atom. The summed E-state index contributed by atoms with van der Waals surface area (Å²) < 4.78 is 4.90. The Hall–Kier alpha value is -1.36. The first kappa shape index (κ1) is 14.7. The van der Waals surface area contributed by atoms with Gasteiger partial charge in [0.25, 0.3) is 0 Å². The Balaban J connectivity index is 2.76. The molecular formula is C13H16BrNO3. The van der Waals surface area contributed by atoms with E-state index in [1.807, 2.05) is 6.92 Å². The maximum absolute atomic E-state index is 11.7. The molecule has 0 aliphatic carbocycles. The smallest absolute Gasteiger partial charge is 0.338 e. The van der Waals surface area contributed by atoms with Gasteiger partial charge in [-0.25, -0.2) is 4.79 Å². The van der Waals surface area contributed by atoms with E-state index in [4.69, 9.17) is 4.74 Å². The lowest BCUT2D eigenvalue weighted by molar-refractivity contribution is -0.115. The molecule has 98 valence electrons. The SMILES string of the molecule is CCOC(=O)c1cccc(NC(=O)C(Br)CC)c1. The molecule has 0 fully saturated rings. The van der Waals surface area contributed by atoms with Crippen molar-refractivity contribution in [3.63, 3.8) is 0 Å². The van der Waals surface area contributed by atoms with Gasteiger partial charge in [-0.1, -0.05) is 28.9 Å². The van der Waals surface area contributed by atoms with Crippen molar-refractivity contribution in [1.29, 1.82) is 0 Å². The van der Waals surface area contributed by atoms with Crippen molar-refractivity contribution in [2.45, 2.75) is 25.1 Å². The molecule has 1 aromatic rings. The first-order valence-electron chi connectivity index (χ1n) is 5.80. The number of ether oxygens (including phenoxy) is 1. The molecule has 0 spiro atoms. The second-order valence-electron chi connectivity index (χ2n) is 3.67. The van der Waals surface area contributed by atoms with E-state index in [0.29, 0.717) is 24.3 Å². The van der Waals surface area contributed by atoms with Gasteiger partial charge in [0, 0.05) is 5.69 Å². The van der Waals surface area contributed by atoms with Crippen LogP contribution in [0.5, 0.6) is 0 Å². The molecule has 0 saturated carbocycles. The van der Waals surface area contributed by atoms with E-state index in [2.05, 4.69) is 21.2 Å². The number of hydrogen-bond donors (Lipinski definition) is 1. The molecule has 0 aliphatic rings. The molecule has 0 saturated heterocycles. The highest BCUT2D eigenvalue weighted by Crippen LogP contribution is 2.14. The number of anilines is 1. The van der Waals surface area contributed by atoms with Crippen LogP contribution in [0.15, 0.2) is 24.3 Å².